The Bertz CT molecular complexity index is 346. The molecule has 0 aromatic heterocycles. The lowest BCUT2D eigenvalue weighted by Gasteiger charge is -2.24. The van der Waals surface area contributed by atoms with Crippen LogP contribution in [-0.4, -0.2) is 54.4 Å². The smallest absolute Gasteiger partial charge is 0.327 e. The molecule has 1 rings (SSSR count). The number of nitrogens with one attached hydrogen (secondary N) is 1. The van der Waals surface area contributed by atoms with Gasteiger partial charge in [0, 0.05) is 26.1 Å². The summed E-state index contributed by atoms with van der Waals surface area (Å²) in [5, 5.41) is 11.3. The minimum Gasteiger partial charge on any atom is -0.480 e. The van der Waals surface area contributed by atoms with Gasteiger partial charge in [-0.25, -0.2) is 9.59 Å². The van der Waals surface area contributed by atoms with E-state index in [1.807, 2.05) is 0 Å². The van der Waals surface area contributed by atoms with Gasteiger partial charge in [0.2, 0.25) is 0 Å². The lowest BCUT2D eigenvalue weighted by molar-refractivity contribution is -0.139. The van der Waals surface area contributed by atoms with E-state index in [2.05, 4.69) is 11.2 Å². The molecule has 0 bridgehead atoms. The maximum Gasteiger partial charge on any atom is 0.327 e. The highest BCUT2D eigenvalue weighted by Crippen LogP contribution is 2.26. The predicted octanol–water partition coefficient (Wildman–Crippen LogP) is 0.283. The van der Waals surface area contributed by atoms with Crippen LogP contribution in [0.5, 0.6) is 0 Å². The highest BCUT2D eigenvalue weighted by molar-refractivity contribution is 5.83. The van der Waals surface area contributed by atoms with Gasteiger partial charge in [-0.05, 0) is 12.8 Å². The van der Waals surface area contributed by atoms with Gasteiger partial charge in [0.05, 0.1) is 6.61 Å². The van der Waals surface area contributed by atoms with Crippen LogP contribution in [0.4, 0.5) is 4.79 Å². The molecule has 0 aromatic rings. The zero-order valence-corrected chi connectivity index (χ0v) is 10.4. The standard InChI is InChI=1S/C12H18N2O4/c1-3-4-10(11(15)16)13-12(17)14(7-8-18-2)9-5-6-9/h1,9-10H,4-8H2,2H3,(H,13,17)(H,15,16). The number of hydrogen-bond acceptors (Lipinski definition) is 3. The number of carbonyl (C=O) groups excluding carboxylic acids is 1. The highest BCUT2D eigenvalue weighted by Gasteiger charge is 2.33. The summed E-state index contributed by atoms with van der Waals surface area (Å²) in [6, 6.07) is -1.23. The van der Waals surface area contributed by atoms with E-state index >= 15 is 0 Å². The van der Waals surface area contributed by atoms with Crippen molar-refractivity contribution < 1.29 is 19.4 Å². The predicted molar refractivity (Wildman–Crippen MR) is 65.0 cm³/mol. The number of amides is 2. The summed E-state index contributed by atoms with van der Waals surface area (Å²) in [5.74, 6) is 1.12. The zero-order chi connectivity index (χ0) is 13.5. The van der Waals surface area contributed by atoms with E-state index in [0.717, 1.165) is 12.8 Å². The van der Waals surface area contributed by atoms with E-state index in [0.29, 0.717) is 13.2 Å². The first-order valence-corrected chi connectivity index (χ1v) is 5.82. The van der Waals surface area contributed by atoms with E-state index in [9.17, 15) is 9.59 Å². The molecule has 0 saturated heterocycles. The van der Waals surface area contributed by atoms with Crippen LogP contribution < -0.4 is 5.32 Å². The van der Waals surface area contributed by atoms with Crippen LogP contribution >= 0.6 is 0 Å². The summed E-state index contributed by atoms with van der Waals surface area (Å²) in [6.07, 6.45) is 6.95. The topological polar surface area (TPSA) is 78.9 Å². The second-order valence-electron chi connectivity index (χ2n) is 4.17. The molecule has 18 heavy (non-hydrogen) atoms. The highest BCUT2D eigenvalue weighted by atomic mass is 16.5. The maximum absolute atomic E-state index is 11.9. The Balaban J connectivity index is 2.54. The van der Waals surface area contributed by atoms with Gasteiger partial charge < -0.3 is 20.1 Å². The van der Waals surface area contributed by atoms with Crippen molar-refractivity contribution in [2.24, 2.45) is 0 Å². The number of carbonyl (C=O) groups is 2. The fourth-order valence-corrected chi connectivity index (χ4v) is 1.58. The molecular weight excluding hydrogens is 236 g/mol. The van der Waals surface area contributed by atoms with Crippen LogP contribution in [0.15, 0.2) is 0 Å². The molecule has 0 radical (unpaired) electrons. The molecule has 0 heterocycles. The van der Waals surface area contributed by atoms with E-state index in [1.165, 1.54) is 0 Å². The average Bonchev–Trinajstić information content (AvgIpc) is 3.13. The van der Waals surface area contributed by atoms with E-state index in [4.69, 9.17) is 16.3 Å². The van der Waals surface area contributed by atoms with E-state index in [1.54, 1.807) is 12.0 Å². The largest absolute Gasteiger partial charge is 0.480 e. The first-order chi connectivity index (χ1) is 8.60. The third-order valence-corrected chi connectivity index (χ3v) is 2.70. The third kappa shape index (κ3) is 4.26. The van der Waals surface area contributed by atoms with Gasteiger partial charge in [-0.3, -0.25) is 0 Å². The number of carboxylic acids is 1. The Morgan fingerprint density at radius 3 is 2.72 bits per heavy atom. The number of urea groups is 1. The molecule has 2 N–H and O–H groups in total. The molecular formula is C12H18N2O4. The van der Waals surface area contributed by atoms with Crippen molar-refractivity contribution in [2.45, 2.75) is 31.3 Å². The van der Waals surface area contributed by atoms with Crippen molar-refractivity contribution in [1.29, 1.82) is 0 Å². The molecule has 0 aromatic carbocycles. The number of rotatable bonds is 7. The van der Waals surface area contributed by atoms with Crippen LogP contribution in [0.2, 0.25) is 0 Å². The van der Waals surface area contributed by atoms with Crippen molar-refractivity contribution in [2.75, 3.05) is 20.3 Å². The lowest BCUT2D eigenvalue weighted by atomic mass is 10.2. The number of ether oxygens (including phenoxy) is 1. The van der Waals surface area contributed by atoms with Crippen LogP contribution in [-0.2, 0) is 9.53 Å². The van der Waals surface area contributed by atoms with Crippen LogP contribution in [0, 0.1) is 12.3 Å². The number of terminal acetylenes is 1. The van der Waals surface area contributed by atoms with Crippen molar-refractivity contribution in [1.82, 2.24) is 10.2 Å². The Hall–Kier alpha value is -1.74. The molecule has 6 nitrogen and oxygen atoms in total. The lowest BCUT2D eigenvalue weighted by Crippen LogP contribution is -2.49. The molecule has 100 valence electrons. The normalized spacial score (nSPS) is 15.6. The first-order valence-electron chi connectivity index (χ1n) is 5.82. The second kappa shape index (κ2) is 6.87. The Morgan fingerprint density at radius 1 is 1.61 bits per heavy atom. The van der Waals surface area contributed by atoms with Gasteiger partial charge in [-0.15, -0.1) is 12.3 Å². The van der Waals surface area contributed by atoms with Crippen molar-refractivity contribution in [3.05, 3.63) is 0 Å². The Morgan fingerprint density at radius 2 is 2.28 bits per heavy atom. The van der Waals surface area contributed by atoms with E-state index in [-0.39, 0.29) is 12.5 Å². The summed E-state index contributed by atoms with van der Waals surface area (Å²) in [7, 11) is 1.56. The molecule has 0 aliphatic heterocycles. The summed E-state index contributed by atoms with van der Waals surface area (Å²) in [6.45, 7) is 0.881. The average molecular weight is 254 g/mol. The van der Waals surface area contributed by atoms with Gasteiger partial charge in [-0.1, -0.05) is 0 Å². The molecule has 1 aliphatic rings. The van der Waals surface area contributed by atoms with Gasteiger partial charge >= 0.3 is 12.0 Å². The Kier molecular flexibility index (Phi) is 5.46. The molecule has 1 fully saturated rings. The number of nitrogens with zero attached hydrogens (tertiary/aromatic N) is 1. The quantitative estimate of drug-likeness (QED) is 0.640. The van der Waals surface area contributed by atoms with Crippen molar-refractivity contribution in [3.63, 3.8) is 0 Å². The van der Waals surface area contributed by atoms with Gasteiger partial charge in [0.1, 0.15) is 6.04 Å². The Labute approximate surface area is 106 Å². The molecule has 0 spiro atoms. The van der Waals surface area contributed by atoms with Gasteiger partial charge in [-0.2, -0.15) is 0 Å². The third-order valence-electron chi connectivity index (χ3n) is 2.70. The first kappa shape index (κ1) is 14.3. The summed E-state index contributed by atoms with van der Waals surface area (Å²) >= 11 is 0. The molecule has 1 saturated carbocycles. The molecule has 2 amide bonds. The fourth-order valence-electron chi connectivity index (χ4n) is 1.58. The number of aliphatic carboxylic acids is 1. The zero-order valence-electron chi connectivity index (χ0n) is 10.4. The molecule has 1 unspecified atom stereocenters. The molecule has 1 atom stereocenters. The number of hydrogen-bond donors (Lipinski definition) is 2. The SMILES string of the molecule is C#CCC(NC(=O)N(CCOC)C1CC1)C(=O)O. The second-order valence-corrected chi connectivity index (χ2v) is 4.17. The maximum atomic E-state index is 11.9. The fraction of sp³-hybridized carbons (Fsp3) is 0.667. The van der Waals surface area contributed by atoms with Crippen LogP contribution in [0.1, 0.15) is 19.3 Å². The van der Waals surface area contributed by atoms with Crippen LogP contribution in [0.3, 0.4) is 0 Å². The summed E-state index contributed by atoms with van der Waals surface area (Å²) in [5.41, 5.74) is 0. The van der Waals surface area contributed by atoms with Crippen molar-refractivity contribution in [3.8, 4) is 12.3 Å². The number of carboxylic acid groups (broad SMARTS) is 1. The molecule has 1 aliphatic carbocycles. The molecule has 6 heteroatoms. The van der Waals surface area contributed by atoms with Gasteiger partial charge in [0.15, 0.2) is 0 Å². The monoisotopic (exact) mass is 254 g/mol. The summed E-state index contributed by atoms with van der Waals surface area (Å²) < 4.78 is 4.93. The summed E-state index contributed by atoms with van der Waals surface area (Å²) in [4.78, 5) is 24.4. The minimum absolute atomic E-state index is 0.0240. The van der Waals surface area contributed by atoms with Crippen molar-refractivity contribution >= 4 is 12.0 Å². The van der Waals surface area contributed by atoms with Gasteiger partial charge in [0.25, 0.3) is 0 Å². The minimum atomic E-state index is -1.12. The number of methoxy groups -OCH3 is 1. The van der Waals surface area contributed by atoms with E-state index < -0.39 is 18.0 Å². The van der Waals surface area contributed by atoms with Crippen LogP contribution in [0.25, 0.3) is 0 Å².